The van der Waals surface area contributed by atoms with Crippen molar-refractivity contribution in [1.82, 2.24) is 0 Å². The van der Waals surface area contributed by atoms with E-state index in [9.17, 15) is 9.90 Å². The zero-order valence-corrected chi connectivity index (χ0v) is 15.3. The van der Waals surface area contributed by atoms with E-state index in [1.807, 2.05) is 55.5 Å². The van der Waals surface area contributed by atoms with Crippen LogP contribution in [0.25, 0.3) is 0 Å². The molecule has 0 saturated heterocycles. The van der Waals surface area contributed by atoms with E-state index in [1.54, 1.807) is 0 Å². The second kappa shape index (κ2) is 8.06. The van der Waals surface area contributed by atoms with Gasteiger partial charge in [0.15, 0.2) is 6.10 Å². The third-order valence-electron chi connectivity index (χ3n) is 3.90. The minimum atomic E-state index is -0.974. The Kier molecular flexibility index (Phi) is 6.07. The molecule has 0 spiro atoms. The van der Waals surface area contributed by atoms with Gasteiger partial charge in [0.2, 0.25) is 0 Å². The second-order valence-corrected chi connectivity index (χ2v) is 6.97. The molecule has 0 aliphatic rings. The molecule has 2 aromatic carbocycles. The maximum absolute atomic E-state index is 11.7. The van der Waals surface area contributed by atoms with Crippen LogP contribution in [-0.2, 0) is 16.6 Å². The molecular formula is C21H26O4. The van der Waals surface area contributed by atoms with Crippen molar-refractivity contribution in [3.8, 4) is 11.5 Å². The van der Waals surface area contributed by atoms with Crippen molar-refractivity contribution in [2.24, 2.45) is 0 Å². The smallest absolute Gasteiger partial charge is 0.345 e. The van der Waals surface area contributed by atoms with Crippen LogP contribution in [0.15, 0.2) is 48.5 Å². The molecule has 2 rings (SSSR count). The monoisotopic (exact) mass is 342 g/mol. The Balaban J connectivity index is 2.18. The van der Waals surface area contributed by atoms with Crippen molar-refractivity contribution in [2.75, 3.05) is 6.61 Å². The highest BCUT2D eigenvalue weighted by atomic mass is 16.5. The number of benzene rings is 2. The molecule has 4 nitrogen and oxygen atoms in total. The van der Waals surface area contributed by atoms with Crippen LogP contribution in [0, 0.1) is 0 Å². The largest absolute Gasteiger partial charge is 0.494 e. The van der Waals surface area contributed by atoms with Gasteiger partial charge in [-0.05, 0) is 41.7 Å². The Morgan fingerprint density at radius 1 is 1.08 bits per heavy atom. The van der Waals surface area contributed by atoms with Crippen LogP contribution in [0.3, 0.4) is 0 Å². The van der Waals surface area contributed by atoms with Crippen LogP contribution in [0.2, 0.25) is 0 Å². The number of hydrogen-bond acceptors (Lipinski definition) is 3. The minimum Gasteiger partial charge on any atom is -0.494 e. The van der Waals surface area contributed by atoms with Gasteiger partial charge in [0.1, 0.15) is 11.5 Å². The lowest BCUT2D eigenvalue weighted by Crippen LogP contribution is -2.30. The number of para-hydroxylation sites is 1. The van der Waals surface area contributed by atoms with Crippen LogP contribution in [0.5, 0.6) is 11.5 Å². The lowest BCUT2D eigenvalue weighted by atomic mass is 9.86. The summed E-state index contributed by atoms with van der Waals surface area (Å²) < 4.78 is 11.3. The van der Waals surface area contributed by atoms with Crippen molar-refractivity contribution < 1.29 is 19.4 Å². The van der Waals surface area contributed by atoms with Gasteiger partial charge in [-0.15, -0.1) is 0 Å². The van der Waals surface area contributed by atoms with Crippen molar-refractivity contribution in [2.45, 2.75) is 45.6 Å². The zero-order valence-electron chi connectivity index (χ0n) is 15.3. The molecule has 25 heavy (non-hydrogen) atoms. The van der Waals surface area contributed by atoms with Crippen molar-refractivity contribution in [3.63, 3.8) is 0 Å². The summed E-state index contributed by atoms with van der Waals surface area (Å²) in [6, 6.07) is 15.1. The quantitative estimate of drug-likeness (QED) is 0.807. The van der Waals surface area contributed by atoms with Crippen molar-refractivity contribution >= 4 is 5.97 Å². The third-order valence-corrected chi connectivity index (χ3v) is 3.90. The molecule has 1 unspecified atom stereocenters. The van der Waals surface area contributed by atoms with Gasteiger partial charge >= 0.3 is 5.97 Å². The van der Waals surface area contributed by atoms with Gasteiger partial charge in [0, 0.05) is 6.42 Å². The standard InChI is InChI=1S/C21H26O4/c1-5-24-16-12-10-15(11-13-16)14-19(20(22)23)25-18-9-7-6-8-17(18)21(2,3)4/h6-13,19H,5,14H2,1-4H3,(H,22,23). The average molecular weight is 342 g/mol. The van der Waals surface area contributed by atoms with Crippen LogP contribution in [0.4, 0.5) is 0 Å². The Bertz CT molecular complexity index is 699. The van der Waals surface area contributed by atoms with E-state index in [-0.39, 0.29) is 5.41 Å². The zero-order chi connectivity index (χ0) is 18.4. The third kappa shape index (κ3) is 5.24. The summed E-state index contributed by atoms with van der Waals surface area (Å²) in [7, 11) is 0. The van der Waals surface area contributed by atoms with Crippen LogP contribution in [-0.4, -0.2) is 23.8 Å². The van der Waals surface area contributed by atoms with Gasteiger partial charge in [-0.2, -0.15) is 0 Å². The number of carboxylic acid groups (broad SMARTS) is 1. The predicted octanol–water partition coefficient (Wildman–Crippen LogP) is 4.46. The van der Waals surface area contributed by atoms with Crippen LogP contribution in [0.1, 0.15) is 38.8 Å². The van der Waals surface area contributed by atoms with E-state index in [1.165, 1.54) is 0 Å². The fourth-order valence-electron chi connectivity index (χ4n) is 2.62. The Morgan fingerprint density at radius 3 is 2.28 bits per heavy atom. The fourth-order valence-corrected chi connectivity index (χ4v) is 2.62. The highest BCUT2D eigenvalue weighted by Crippen LogP contribution is 2.32. The summed E-state index contributed by atoms with van der Waals surface area (Å²) in [5.41, 5.74) is 1.76. The van der Waals surface area contributed by atoms with E-state index in [0.29, 0.717) is 18.8 Å². The SMILES string of the molecule is CCOc1ccc(CC(Oc2ccccc2C(C)(C)C)C(=O)O)cc1. The Hall–Kier alpha value is -2.49. The first-order valence-electron chi connectivity index (χ1n) is 8.52. The molecule has 0 aliphatic carbocycles. The highest BCUT2D eigenvalue weighted by Gasteiger charge is 2.24. The van der Waals surface area contributed by atoms with Gasteiger partial charge in [-0.3, -0.25) is 0 Å². The van der Waals surface area contributed by atoms with Crippen molar-refractivity contribution in [3.05, 3.63) is 59.7 Å². The first-order valence-corrected chi connectivity index (χ1v) is 8.52. The van der Waals surface area contributed by atoms with E-state index in [2.05, 4.69) is 20.8 Å². The molecular weight excluding hydrogens is 316 g/mol. The summed E-state index contributed by atoms with van der Waals surface area (Å²) in [4.78, 5) is 11.7. The van der Waals surface area contributed by atoms with Gasteiger partial charge in [-0.1, -0.05) is 51.1 Å². The maximum Gasteiger partial charge on any atom is 0.345 e. The topological polar surface area (TPSA) is 55.8 Å². The summed E-state index contributed by atoms with van der Waals surface area (Å²) >= 11 is 0. The molecule has 1 N–H and O–H groups in total. The molecule has 2 aromatic rings. The van der Waals surface area contributed by atoms with Gasteiger partial charge < -0.3 is 14.6 Å². The predicted molar refractivity (Wildman–Crippen MR) is 98.5 cm³/mol. The molecule has 0 aliphatic heterocycles. The van der Waals surface area contributed by atoms with E-state index < -0.39 is 12.1 Å². The molecule has 134 valence electrons. The summed E-state index contributed by atoms with van der Waals surface area (Å²) in [6.45, 7) is 8.77. The molecule has 0 amide bonds. The van der Waals surface area contributed by atoms with Gasteiger partial charge in [0.25, 0.3) is 0 Å². The van der Waals surface area contributed by atoms with Gasteiger partial charge in [-0.25, -0.2) is 4.79 Å². The summed E-state index contributed by atoms with van der Waals surface area (Å²) in [6.07, 6.45) is -0.651. The average Bonchev–Trinajstić information content (AvgIpc) is 2.55. The fraction of sp³-hybridized carbons (Fsp3) is 0.381. The first-order chi connectivity index (χ1) is 11.8. The Morgan fingerprint density at radius 2 is 1.72 bits per heavy atom. The lowest BCUT2D eigenvalue weighted by Gasteiger charge is -2.24. The molecule has 0 fully saturated rings. The van der Waals surface area contributed by atoms with E-state index in [0.717, 1.165) is 16.9 Å². The number of carboxylic acids is 1. The minimum absolute atomic E-state index is 0.126. The lowest BCUT2D eigenvalue weighted by molar-refractivity contribution is -0.145. The molecule has 0 heterocycles. The van der Waals surface area contributed by atoms with E-state index >= 15 is 0 Å². The van der Waals surface area contributed by atoms with Crippen LogP contribution < -0.4 is 9.47 Å². The second-order valence-electron chi connectivity index (χ2n) is 6.97. The number of rotatable bonds is 7. The van der Waals surface area contributed by atoms with Crippen molar-refractivity contribution in [1.29, 1.82) is 0 Å². The Labute approximate surface area is 149 Å². The number of ether oxygens (including phenoxy) is 2. The van der Waals surface area contributed by atoms with Gasteiger partial charge in [0.05, 0.1) is 6.61 Å². The van der Waals surface area contributed by atoms with Crippen LogP contribution >= 0.6 is 0 Å². The first kappa shape index (κ1) is 18.8. The normalized spacial score (nSPS) is 12.5. The number of carbonyl (C=O) groups is 1. The molecule has 0 radical (unpaired) electrons. The molecule has 0 saturated carbocycles. The molecule has 4 heteroatoms. The molecule has 1 atom stereocenters. The van der Waals surface area contributed by atoms with E-state index in [4.69, 9.17) is 9.47 Å². The summed E-state index contributed by atoms with van der Waals surface area (Å²) in [5.74, 6) is 0.419. The molecule has 0 bridgehead atoms. The summed E-state index contributed by atoms with van der Waals surface area (Å²) in [5, 5.41) is 9.58. The molecule has 0 aromatic heterocycles. The number of aliphatic carboxylic acids is 1. The number of hydrogen-bond donors (Lipinski definition) is 1. The highest BCUT2D eigenvalue weighted by molar-refractivity contribution is 5.73. The maximum atomic E-state index is 11.7.